The zero-order chi connectivity index (χ0) is 13.8. The Bertz CT molecular complexity index is 423. The van der Waals surface area contributed by atoms with Crippen molar-refractivity contribution in [3.63, 3.8) is 0 Å². The lowest BCUT2D eigenvalue weighted by molar-refractivity contribution is 0.198. The third kappa shape index (κ3) is 3.50. The van der Waals surface area contributed by atoms with Crippen LogP contribution in [0.25, 0.3) is 0 Å². The maximum absolute atomic E-state index is 9.98. The summed E-state index contributed by atoms with van der Waals surface area (Å²) < 4.78 is 0.975. The van der Waals surface area contributed by atoms with Gasteiger partial charge in [0.05, 0.1) is 18.8 Å². The number of benzene rings is 1. The minimum atomic E-state index is -0.505. The minimum absolute atomic E-state index is 0.168. The number of anilines is 1. The van der Waals surface area contributed by atoms with Gasteiger partial charge in [-0.3, -0.25) is 0 Å². The van der Waals surface area contributed by atoms with Gasteiger partial charge in [-0.15, -0.1) is 0 Å². The quantitative estimate of drug-likeness (QED) is 0.895. The van der Waals surface area contributed by atoms with Gasteiger partial charge in [0.15, 0.2) is 0 Å². The van der Waals surface area contributed by atoms with Crippen LogP contribution in [0.5, 0.6) is 0 Å². The van der Waals surface area contributed by atoms with E-state index in [0.29, 0.717) is 0 Å². The molecule has 2 unspecified atom stereocenters. The van der Waals surface area contributed by atoms with E-state index in [4.69, 9.17) is 0 Å². The summed E-state index contributed by atoms with van der Waals surface area (Å²) in [4.78, 5) is 2.27. The molecule has 2 rings (SSSR count). The molecule has 0 spiro atoms. The predicted molar refractivity (Wildman–Crippen MR) is 81.5 cm³/mol. The normalized spacial score (nSPS) is 22.1. The molecule has 1 aliphatic heterocycles. The molecule has 0 aromatic heterocycles. The van der Waals surface area contributed by atoms with Crippen LogP contribution in [0.2, 0.25) is 0 Å². The minimum Gasteiger partial charge on any atom is -0.394 e. The number of halogens is 1. The van der Waals surface area contributed by atoms with Crippen molar-refractivity contribution < 1.29 is 10.2 Å². The van der Waals surface area contributed by atoms with Crippen molar-refractivity contribution in [2.24, 2.45) is 0 Å². The van der Waals surface area contributed by atoms with Crippen LogP contribution in [0.15, 0.2) is 22.7 Å². The molecule has 1 fully saturated rings. The largest absolute Gasteiger partial charge is 0.394 e. The molecule has 0 saturated carbocycles. The monoisotopic (exact) mass is 327 g/mol. The summed E-state index contributed by atoms with van der Waals surface area (Å²) in [6, 6.07) is 6.18. The van der Waals surface area contributed by atoms with Gasteiger partial charge < -0.3 is 15.1 Å². The Morgan fingerprint density at radius 1 is 1.37 bits per heavy atom. The number of hydrogen-bond donors (Lipinski definition) is 2. The Hall–Kier alpha value is -0.580. The predicted octanol–water partition coefficient (Wildman–Crippen LogP) is 3.24. The first-order chi connectivity index (χ1) is 9.13. The highest BCUT2D eigenvalue weighted by atomic mass is 79.9. The van der Waals surface area contributed by atoms with Gasteiger partial charge in [0.1, 0.15) is 0 Å². The van der Waals surface area contributed by atoms with Crippen LogP contribution in [-0.4, -0.2) is 29.4 Å². The number of aliphatic hydroxyl groups excluding tert-OH is 2. The molecule has 3 nitrogen and oxygen atoms in total. The molecule has 2 atom stereocenters. The molecule has 2 N–H and O–H groups in total. The van der Waals surface area contributed by atoms with Gasteiger partial charge in [0, 0.05) is 22.3 Å². The first-order valence-electron chi connectivity index (χ1n) is 6.98. The molecule has 0 amide bonds. The van der Waals surface area contributed by atoms with Gasteiger partial charge >= 0.3 is 0 Å². The highest BCUT2D eigenvalue weighted by Gasteiger charge is 2.23. The maximum atomic E-state index is 9.98. The Labute approximate surface area is 123 Å². The van der Waals surface area contributed by atoms with Crippen molar-refractivity contribution in [2.45, 2.75) is 44.8 Å². The van der Waals surface area contributed by atoms with E-state index >= 15 is 0 Å². The average Bonchev–Trinajstić information content (AvgIpc) is 2.63. The summed E-state index contributed by atoms with van der Waals surface area (Å²) in [5.74, 6) is 0. The smallest absolute Gasteiger partial charge is 0.0782 e. The lowest BCUT2D eigenvalue weighted by Gasteiger charge is -2.33. The molecular formula is C15H22BrNO2. The molecule has 106 valence electrons. The van der Waals surface area contributed by atoms with Gasteiger partial charge in [0.25, 0.3) is 0 Å². The fraction of sp³-hybridized carbons (Fsp3) is 0.600. The van der Waals surface area contributed by atoms with Crippen LogP contribution < -0.4 is 4.90 Å². The van der Waals surface area contributed by atoms with Crippen LogP contribution in [0.3, 0.4) is 0 Å². The number of rotatable bonds is 3. The van der Waals surface area contributed by atoms with Crippen LogP contribution in [-0.2, 0) is 0 Å². The Balaban J connectivity index is 2.37. The molecular weight excluding hydrogens is 306 g/mol. The standard InChI is InChI=1S/C15H22BrNO2/c1-11(19)14-9-12(16)6-7-15(14)17-8-4-2-3-5-13(17)10-18/h6-7,9,11,13,18-19H,2-5,8,10H2,1H3. The van der Waals surface area contributed by atoms with Crippen LogP contribution in [0.4, 0.5) is 5.69 Å². The second-order valence-corrected chi connectivity index (χ2v) is 6.17. The summed E-state index contributed by atoms with van der Waals surface area (Å²) in [5, 5.41) is 19.6. The first-order valence-corrected chi connectivity index (χ1v) is 7.77. The summed E-state index contributed by atoms with van der Waals surface area (Å²) in [5.41, 5.74) is 1.98. The van der Waals surface area contributed by atoms with E-state index in [9.17, 15) is 10.2 Å². The summed E-state index contributed by atoms with van der Waals surface area (Å²) >= 11 is 3.46. The Morgan fingerprint density at radius 3 is 2.84 bits per heavy atom. The van der Waals surface area contributed by atoms with Crippen molar-refractivity contribution in [2.75, 3.05) is 18.1 Å². The first kappa shape index (κ1) is 14.8. The zero-order valence-electron chi connectivity index (χ0n) is 11.3. The fourth-order valence-electron chi connectivity index (χ4n) is 2.81. The van der Waals surface area contributed by atoms with Crippen molar-refractivity contribution in [3.8, 4) is 0 Å². The fourth-order valence-corrected chi connectivity index (χ4v) is 3.18. The molecule has 19 heavy (non-hydrogen) atoms. The van der Waals surface area contributed by atoms with Crippen LogP contribution in [0, 0.1) is 0 Å². The van der Waals surface area contributed by atoms with Gasteiger partial charge in [-0.25, -0.2) is 0 Å². The summed E-state index contributed by atoms with van der Waals surface area (Å²) in [6.07, 6.45) is 4.04. The van der Waals surface area contributed by atoms with Crippen LogP contribution in [0.1, 0.15) is 44.3 Å². The van der Waals surface area contributed by atoms with Crippen molar-refractivity contribution >= 4 is 21.6 Å². The molecule has 0 aliphatic carbocycles. The van der Waals surface area contributed by atoms with Crippen LogP contribution >= 0.6 is 15.9 Å². The highest BCUT2D eigenvalue weighted by Crippen LogP contribution is 2.33. The molecule has 1 heterocycles. The summed E-state index contributed by atoms with van der Waals surface area (Å²) in [6.45, 7) is 2.92. The van der Waals surface area contributed by atoms with Gasteiger partial charge in [-0.1, -0.05) is 28.8 Å². The van der Waals surface area contributed by atoms with Gasteiger partial charge in [0.2, 0.25) is 0 Å². The highest BCUT2D eigenvalue weighted by molar-refractivity contribution is 9.10. The maximum Gasteiger partial charge on any atom is 0.0782 e. The number of aliphatic hydroxyl groups is 2. The molecule has 1 saturated heterocycles. The van der Waals surface area contributed by atoms with Gasteiger partial charge in [-0.05, 0) is 38.0 Å². The molecule has 4 heteroatoms. The lowest BCUT2D eigenvalue weighted by Crippen LogP contribution is -2.38. The molecule has 1 aromatic rings. The van der Waals surface area contributed by atoms with E-state index in [1.54, 1.807) is 6.92 Å². The molecule has 1 aliphatic rings. The second-order valence-electron chi connectivity index (χ2n) is 5.26. The van der Waals surface area contributed by atoms with E-state index in [1.165, 1.54) is 12.8 Å². The third-order valence-corrected chi connectivity index (χ3v) is 4.33. The third-order valence-electron chi connectivity index (χ3n) is 3.84. The van der Waals surface area contributed by atoms with E-state index in [-0.39, 0.29) is 12.6 Å². The molecule has 0 radical (unpaired) electrons. The number of nitrogens with zero attached hydrogens (tertiary/aromatic N) is 1. The Morgan fingerprint density at radius 2 is 2.16 bits per heavy atom. The SMILES string of the molecule is CC(O)c1cc(Br)ccc1N1CCCCCC1CO. The molecule has 0 bridgehead atoms. The van der Waals surface area contributed by atoms with E-state index in [2.05, 4.69) is 20.8 Å². The van der Waals surface area contributed by atoms with Crippen molar-refractivity contribution in [1.82, 2.24) is 0 Å². The molecule has 1 aromatic carbocycles. The van der Waals surface area contributed by atoms with Crippen molar-refractivity contribution in [1.29, 1.82) is 0 Å². The second kappa shape index (κ2) is 6.73. The zero-order valence-corrected chi connectivity index (χ0v) is 12.9. The van der Waals surface area contributed by atoms with E-state index < -0.39 is 6.10 Å². The Kier molecular flexibility index (Phi) is 5.25. The van der Waals surface area contributed by atoms with Crippen molar-refractivity contribution in [3.05, 3.63) is 28.2 Å². The lowest BCUT2D eigenvalue weighted by atomic mass is 10.0. The van der Waals surface area contributed by atoms with Gasteiger partial charge in [-0.2, -0.15) is 0 Å². The number of hydrogen-bond acceptors (Lipinski definition) is 3. The van der Waals surface area contributed by atoms with E-state index in [1.807, 2.05) is 18.2 Å². The topological polar surface area (TPSA) is 43.7 Å². The summed E-state index contributed by atoms with van der Waals surface area (Å²) in [7, 11) is 0. The van der Waals surface area contributed by atoms with E-state index in [0.717, 1.165) is 35.1 Å². The average molecular weight is 328 g/mol.